The molecule has 3 rings (SSSR count). The van der Waals surface area contributed by atoms with Crippen LogP contribution in [0.25, 0.3) is 11.2 Å². The zero-order chi connectivity index (χ0) is 12.8. The van der Waals surface area contributed by atoms with Crippen molar-refractivity contribution in [3.63, 3.8) is 0 Å². The summed E-state index contributed by atoms with van der Waals surface area (Å²) >= 11 is 0. The fraction of sp³-hybridized carbons (Fsp3) is 0.545. The SMILES string of the molecule is C[C@]1(CO)CO[C@H](n2cnc3c(=O)[nH]cnc32)C1. The van der Waals surface area contributed by atoms with Crippen LogP contribution < -0.4 is 5.56 Å². The fourth-order valence-corrected chi connectivity index (χ4v) is 2.20. The first kappa shape index (κ1) is 11.4. The van der Waals surface area contributed by atoms with Crippen LogP contribution in [0, 0.1) is 5.41 Å². The molecule has 1 saturated heterocycles. The van der Waals surface area contributed by atoms with E-state index in [0.29, 0.717) is 24.2 Å². The smallest absolute Gasteiger partial charge is 0.278 e. The van der Waals surface area contributed by atoms with Gasteiger partial charge in [0, 0.05) is 11.8 Å². The average molecular weight is 250 g/mol. The summed E-state index contributed by atoms with van der Waals surface area (Å²) in [5.74, 6) is 0. The lowest BCUT2D eigenvalue weighted by molar-refractivity contribution is 0.0464. The number of ether oxygens (including phenoxy) is 1. The predicted octanol–water partition coefficient (Wildman–Crippen LogP) is 0.0371. The van der Waals surface area contributed by atoms with Crippen molar-refractivity contribution in [1.29, 1.82) is 0 Å². The van der Waals surface area contributed by atoms with E-state index in [4.69, 9.17) is 4.74 Å². The normalized spacial score (nSPS) is 28.0. The first-order valence-electron chi connectivity index (χ1n) is 5.76. The fourth-order valence-electron chi connectivity index (χ4n) is 2.20. The van der Waals surface area contributed by atoms with Crippen molar-refractivity contribution < 1.29 is 9.84 Å². The Morgan fingerprint density at radius 3 is 3.22 bits per heavy atom. The number of aliphatic hydroxyl groups excluding tert-OH is 1. The standard InChI is InChI=1S/C11H14N4O3/c1-11(3-16)2-7(18-4-11)15-6-14-8-9(15)12-5-13-10(8)17/h5-7,16H,2-4H2,1H3,(H,12,13,17)/t7-,11-/m0/s1. The minimum Gasteiger partial charge on any atom is -0.396 e. The number of fused-ring (bicyclic) bond motifs is 1. The van der Waals surface area contributed by atoms with Gasteiger partial charge in [-0.05, 0) is 0 Å². The van der Waals surface area contributed by atoms with Crippen LogP contribution in [0.4, 0.5) is 0 Å². The van der Waals surface area contributed by atoms with Gasteiger partial charge in [-0.1, -0.05) is 6.92 Å². The van der Waals surface area contributed by atoms with Gasteiger partial charge in [0.05, 0.1) is 25.9 Å². The van der Waals surface area contributed by atoms with Gasteiger partial charge in [0.15, 0.2) is 11.2 Å². The van der Waals surface area contributed by atoms with Crippen molar-refractivity contribution in [1.82, 2.24) is 19.5 Å². The largest absolute Gasteiger partial charge is 0.396 e. The maximum atomic E-state index is 11.5. The molecule has 0 aliphatic carbocycles. The number of nitrogens with zero attached hydrogens (tertiary/aromatic N) is 3. The Hall–Kier alpha value is -1.73. The van der Waals surface area contributed by atoms with Crippen LogP contribution in [0.3, 0.4) is 0 Å². The number of aromatic amines is 1. The molecule has 2 N–H and O–H groups in total. The molecule has 1 aliphatic rings. The number of rotatable bonds is 2. The molecule has 2 atom stereocenters. The number of aromatic nitrogens is 4. The van der Waals surface area contributed by atoms with Gasteiger partial charge in [-0.25, -0.2) is 9.97 Å². The van der Waals surface area contributed by atoms with Crippen LogP contribution in [0.1, 0.15) is 19.6 Å². The van der Waals surface area contributed by atoms with Gasteiger partial charge in [0.25, 0.3) is 5.56 Å². The van der Waals surface area contributed by atoms with Crippen LogP contribution >= 0.6 is 0 Å². The van der Waals surface area contributed by atoms with E-state index >= 15 is 0 Å². The highest BCUT2D eigenvalue weighted by Gasteiger charge is 2.37. The molecule has 7 heteroatoms. The molecule has 2 aromatic rings. The molecular formula is C11H14N4O3. The summed E-state index contributed by atoms with van der Waals surface area (Å²) in [6.07, 6.45) is 3.34. The second-order valence-corrected chi connectivity index (χ2v) is 4.99. The van der Waals surface area contributed by atoms with Gasteiger partial charge < -0.3 is 14.8 Å². The summed E-state index contributed by atoms with van der Waals surface area (Å²) < 4.78 is 7.40. The zero-order valence-corrected chi connectivity index (χ0v) is 9.96. The molecule has 0 bridgehead atoms. The summed E-state index contributed by atoms with van der Waals surface area (Å²) in [5, 5.41) is 9.32. The van der Waals surface area contributed by atoms with Crippen LogP contribution in [-0.4, -0.2) is 37.8 Å². The summed E-state index contributed by atoms with van der Waals surface area (Å²) in [6.45, 7) is 2.52. The van der Waals surface area contributed by atoms with Crippen LogP contribution in [0.15, 0.2) is 17.4 Å². The molecule has 7 nitrogen and oxygen atoms in total. The van der Waals surface area contributed by atoms with Crippen molar-refractivity contribution in [2.45, 2.75) is 19.6 Å². The number of nitrogens with one attached hydrogen (secondary N) is 1. The maximum Gasteiger partial charge on any atom is 0.278 e. The monoisotopic (exact) mass is 250 g/mol. The molecule has 0 amide bonds. The molecule has 0 radical (unpaired) electrons. The second kappa shape index (κ2) is 3.89. The minimum atomic E-state index is -0.262. The summed E-state index contributed by atoms with van der Waals surface area (Å²) in [6, 6.07) is 0. The van der Waals surface area contributed by atoms with E-state index in [1.807, 2.05) is 6.92 Å². The zero-order valence-electron chi connectivity index (χ0n) is 9.96. The van der Waals surface area contributed by atoms with E-state index in [1.165, 1.54) is 6.33 Å². The van der Waals surface area contributed by atoms with Crippen LogP contribution in [0.2, 0.25) is 0 Å². The molecule has 2 aromatic heterocycles. The Balaban J connectivity index is 2.02. The molecule has 96 valence electrons. The van der Waals surface area contributed by atoms with Gasteiger partial charge in [0.2, 0.25) is 0 Å². The third kappa shape index (κ3) is 1.63. The van der Waals surface area contributed by atoms with E-state index in [-0.39, 0.29) is 23.8 Å². The van der Waals surface area contributed by atoms with Gasteiger partial charge in [-0.3, -0.25) is 9.36 Å². The van der Waals surface area contributed by atoms with Crippen molar-refractivity contribution in [3.8, 4) is 0 Å². The number of imidazole rings is 1. The summed E-state index contributed by atoms with van der Waals surface area (Å²) in [7, 11) is 0. The Labute approximate surface area is 102 Å². The minimum absolute atomic E-state index is 0.0736. The lowest BCUT2D eigenvalue weighted by Crippen LogP contribution is -2.21. The topological polar surface area (TPSA) is 93.0 Å². The summed E-state index contributed by atoms with van der Waals surface area (Å²) in [4.78, 5) is 22.2. The number of aliphatic hydroxyl groups is 1. The van der Waals surface area contributed by atoms with E-state index in [2.05, 4.69) is 15.0 Å². The second-order valence-electron chi connectivity index (χ2n) is 4.99. The molecule has 0 unspecified atom stereocenters. The molecule has 1 fully saturated rings. The predicted molar refractivity (Wildman–Crippen MR) is 62.9 cm³/mol. The molecule has 0 aromatic carbocycles. The van der Waals surface area contributed by atoms with Crippen molar-refractivity contribution in [3.05, 3.63) is 23.0 Å². The quantitative estimate of drug-likeness (QED) is 0.784. The Morgan fingerprint density at radius 1 is 1.67 bits per heavy atom. The molecule has 1 aliphatic heterocycles. The Morgan fingerprint density at radius 2 is 2.50 bits per heavy atom. The highest BCUT2D eigenvalue weighted by Crippen LogP contribution is 2.37. The third-order valence-corrected chi connectivity index (χ3v) is 3.35. The Bertz CT molecular complexity index is 634. The maximum absolute atomic E-state index is 11.5. The molecular weight excluding hydrogens is 236 g/mol. The van der Waals surface area contributed by atoms with E-state index in [9.17, 15) is 9.90 Å². The first-order valence-corrected chi connectivity index (χ1v) is 5.76. The highest BCUT2D eigenvalue weighted by atomic mass is 16.5. The molecule has 18 heavy (non-hydrogen) atoms. The highest BCUT2D eigenvalue weighted by molar-refractivity contribution is 5.68. The van der Waals surface area contributed by atoms with Gasteiger partial charge in [-0.2, -0.15) is 0 Å². The van der Waals surface area contributed by atoms with Crippen molar-refractivity contribution >= 4 is 11.2 Å². The van der Waals surface area contributed by atoms with Crippen molar-refractivity contribution in [2.24, 2.45) is 5.41 Å². The number of hydrogen-bond acceptors (Lipinski definition) is 5. The van der Waals surface area contributed by atoms with Crippen LogP contribution in [0.5, 0.6) is 0 Å². The average Bonchev–Trinajstić information content (AvgIpc) is 2.94. The van der Waals surface area contributed by atoms with Gasteiger partial charge in [-0.15, -0.1) is 0 Å². The van der Waals surface area contributed by atoms with Crippen molar-refractivity contribution in [2.75, 3.05) is 13.2 Å². The number of H-pyrrole nitrogens is 1. The lowest BCUT2D eigenvalue weighted by atomic mass is 9.90. The lowest BCUT2D eigenvalue weighted by Gasteiger charge is -2.17. The van der Waals surface area contributed by atoms with Gasteiger partial charge >= 0.3 is 0 Å². The summed E-state index contributed by atoms with van der Waals surface area (Å²) in [5.41, 5.74) is 0.300. The third-order valence-electron chi connectivity index (χ3n) is 3.35. The van der Waals surface area contributed by atoms with Crippen LogP contribution in [-0.2, 0) is 4.74 Å². The van der Waals surface area contributed by atoms with Gasteiger partial charge in [0.1, 0.15) is 6.23 Å². The first-order chi connectivity index (χ1) is 8.63. The van der Waals surface area contributed by atoms with E-state index in [1.54, 1.807) is 10.9 Å². The molecule has 3 heterocycles. The van der Waals surface area contributed by atoms with E-state index < -0.39 is 0 Å². The molecule has 0 saturated carbocycles. The van der Waals surface area contributed by atoms with E-state index in [0.717, 1.165) is 0 Å². The molecule has 0 spiro atoms. The Kier molecular flexibility index (Phi) is 2.46. The number of hydrogen-bond donors (Lipinski definition) is 2.